The number of aryl methyl sites for hydroxylation is 1. The van der Waals surface area contributed by atoms with Crippen molar-refractivity contribution in [3.05, 3.63) is 66.0 Å². The summed E-state index contributed by atoms with van der Waals surface area (Å²) in [5.74, 6) is -0.436. The van der Waals surface area contributed by atoms with Crippen molar-refractivity contribution >= 4 is 11.9 Å². The molecule has 0 unspecified atom stereocenters. The number of benzene rings is 1. The minimum atomic E-state index is -0.582. The van der Waals surface area contributed by atoms with Gasteiger partial charge in [0.25, 0.3) is 5.91 Å². The number of pyridine rings is 1. The van der Waals surface area contributed by atoms with Gasteiger partial charge in [0, 0.05) is 17.7 Å². The molecule has 0 aliphatic carbocycles. The van der Waals surface area contributed by atoms with E-state index in [4.69, 9.17) is 0 Å². The summed E-state index contributed by atoms with van der Waals surface area (Å²) in [7, 11) is 0. The number of imide groups is 1. The van der Waals surface area contributed by atoms with E-state index >= 15 is 0 Å². The van der Waals surface area contributed by atoms with E-state index in [9.17, 15) is 9.59 Å². The Morgan fingerprint density at radius 1 is 1.00 bits per heavy atom. The number of carbonyl (C=O) groups is 2. The highest BCUT2D eigenvalue weighted by Gasteiger charge is 2.12. The third-order valence-electron chi connectivity index (χ3n) is 2.49. The van der Waals surface area contributed by atoms with Gasteiger partial charge in [-0.2, -0.15) is 0 Å². The quantitative estimate of drug-likeness (QED) is 0.797. The van der Waals surface area contributed by atoms with Crippen molar-refractivity contribution in [2.24, 2.45) is 0 Å². The standard InChI is InChI=1S/C14H13N3O2/c1-11-5-7-12(8-6-11)13(18)15-14(19)16-17-9-3-2-4-10-17/h2-10H,1H3,(H-,15,16,18,19)/p+1. The molecule has 5 heteroatoms. The average molecular weight is 256 g/mol. The van der Waals surface area contributed by atoms with Gasteiger partial charge in [-0.25, -0.2) is 4.79 Å². The third-order valence-corrected chi connectivity index (χ3v) is 2.49. The van der Waals surface area contributed by atoms with Crippen LogP contribution in [0.2, 0.25) is 0 Å². The van der Waals surface area contributed by atoms with Crippen LogP contribution in [0.3, 0.4) is 0 Å². The Morgan fingerprint density at radius 2 is 1.63 bits per heavy atom. The smallest absolute Gasteiger partial charge is 0.270 e. The van der Waals surface area contributed by atoms with Gasteiger partial charge in [-0.05, 0) is 19.1 Å². The molecule has 3 amide bonds. The molecule has 0 bridgehead atoms. The Morgan fingerprint density at radius 3 is 2.26 bits per heavy atom. The van der Waals surface area contributed by atoms with E-state index in [1.54, 1.807) is 36.7 Å². The number of amides is 3. The lowest BCUT2D eigenvalue weighted by molar-refractivity contribution is -0.641. The lowest BCUT2D eigenvalue weighted by atomic mass is 10.1. The summed E-state index contributed by atoms with van der Waals surface area (Å²) < 4.78 is 1.46. The monoisotopic (exact) mass is 256 g/mol. The van der Waals surface area contributed by atoms with Gasteiger partial charge in [-0.15, -0.1) is 5.43 Å². The van der Waals surface area contributed by atoms with Crippen LogP contribution in [0.1, 0.15) is 15.9 Å². The first-order valence-electron chi connectivity index (χ1n) is 5.80. The molecule has 5 nitrogen and oxygen atoms in total. The van der Waals surface area contributed by atoms with E-state index in [0.717, 1.165) is 5.56 Å². The maximum absolute atomic E-state index is 11.8. The van der Waals surface area contributed by atoms with Crippen LogP contribution in [0.15, 0.2) is 54.9 Å². The Labute approximate surface area is 110 Å². The molecule has 96 valence electrons. The van der Waals surface area contributed by atoms with Crippen LogP contribution in [-0.2, 0) is 0 Å². The first kappa shape index (κ1) is 12.8. The van der Waals surface area contributed by atoms with E-state index in [0.29, 0.717) is 5.56 Å². The molecule has 0 saturated carbocycles. The van der Waals surface area contributed by atoms with Crippen molar-refractivity contribution in [3.63, 3.8) is 0 Å². The molecular weight excluding hydrogens is 242 g/mol. The number of rotatable bonds is 2. The zero-order valence-electron chi connectivity index (χ0n) is 10.5. The topological polar surface area (TPSA) is 62.1 Å². The predicted octanol–water partition coefficient (Wildman–Crippen LogP) is 1.38. The summed E-state index contributed by atoms with van der Waals surface area (Å²) >= 11 is 0. The van der Waals surface area contributed by atoms with Gasteiger partial charge in [-0.1, -0.05) is 28.4 Å². The van der Waals surface area contributed by atoms with Gasteiger partial charge >= 0.3 is 6.03 Å². The Kier molecular flexibility index (Phi) is 3.87. The largest absolute Gasteiger partial charge is 0.375 e. The van der Waals surface area contributed by atoms with Crippen LogP contribution < -0.4 is 15.4 Å². The van der Waals surface area contributed by atoms with E-state index in [-0.39, 0.29) is 0 Å². The normalized spacial score (nSPS) is 9.74. The van der Waals surface area contributed by atoms with Crippen molar-refractivity contribution in [1.29, 1.82) is 0 Å². The van der Waals surface area contributed by atoms with Crippen molar-refractivity contribution in [3.8, 4) is 0 Å². The second-order valence-corrected chi connectivity index (χ2v) is 4.04. The van der Waals surface area contributed by atoms with E-state index in [1.807, 2.05) is 25.1 Å². The maximum atomic E-state index is 11.8. The lowest BCUT2D eigenvalue weighted by Gasteiger charge is -2.03. The van der Waals surface area contributed by atoms with Crippen molar-refractivity contribution < 1.29 is 14.3 Å². The fraction of sp³-hybridized carbons (Fsp3) is 0.0714. The summed E-state index contributed by atoms with van der Waals surface area (Å²) in [5.41, 5.74) is 4.00. The SMILES string of the molecule is Cc1ccc(C(=O)NC(=O)N[n+]2ccccc2)cc1. The van der Waals surface area contributed by atoms with Crippen molar-refractivity contribution in [1.82, 2.24) is 5.32 Å². The van der Waals surface area contributed by atoms with E-state index in [1.165, 1.54) is 4.68 Å². The molecule has 2 aromatic rings. The highest BCUT2D eigenvalue weighted by Crippen LogP contribution is 2.02. The Bertz CT molecular complexity index is 579. The minimum absolute atomic E-state index is 0.436. The van der Waals surface area contributed by atoms with Gasteiger partial charge in [0.15, 0.2) is 12.4 Å². The summed E-state index contributed by atoms with van der Waals surface area (Å²) in [6.07, 6.45) is 3.33. The number of aromatic nitrogens is 1. The summed E-state index contributed by atoms with van der Waals surface area (Å²) in [6.45, 7) is 1.93. The van der Waals surface area contributed by atoms with Crippen molar-refractivity contribution in [2.45, 2.75) is 6.92 Å². The highest BCUT2D eigenvalue weighted by atomic mass is 16.2. The van der Waals surface area contributed by atoms with Gasteiger partial charge in [0.05, 0.1) is 0 Å². The van der Waals surface area contributed by atoms with Crippen LogP contribution in [0.5, 0.6) is 0 Å². The number of nitrogens with one attached hydrogen (secondary N) is 2. The molecule has 0 fully saturated rings. The Balaban J connectivity index is 1.95. The van der Waals surface area contributed by atoms with E-state index < -0.39 is 11.9 Å². The van der Waals surface area contributed by atoms with Crippen LogP contribution >= 0.6 is 0 Å². The number of urea groups is 1. The Hall–Kier alpha value is -2.69. The van der Waals surface area contributed by atoms with Gasteiger partial charge in [0.1, 0.15) is 0 Å². The predicted molar refractivity (Wildman–Crippen MR) is 70.0 cm³/mol. The summed E-state index contributed by atoms with van der Waals surface area (Å²) in [6, 6.07) is 11.8. The fourth-order valence-corrected chi connectivity index (χ4v) is 1.50. The fourth-order valence-electron chi connectivity index (χ4n) is 1.50. The first-order chi connectivity index (χ1) is 9.15. The zero-order chi connectivity index (χ0) is 13.7. The van der Waals surface area contributed by atoms with Crippen LogP contribution in [-0.4, -0.2) is 11.9 Å². The molecule has 0 aliphatic heterocycles. The first-order valence-corrected chi connectivity index (χ1v) is 5.80. The van der Waals surface area contributed by atoms with Crippen LogP contribution in [0.25, 0.3) is 0 Å². The van der Waals surface area contributed by atoms with Crippen LogP contribution in [0.4, 0.5) is 4.79 Å². The molecule has 1 aromatic carbocycles. The number of hydrogen-bond acceptors (Lipinski definition) is 2. The maximum Gasteiger partial charge on any atom is 0.375 e. The van der Waals surface area contributed by atoms with Crippen LogP contribution in [0, 0.1) is 6.92 Å². The lowest BCUT2D eigenvalue weighted by Crippen LogP contribution is -2.52. The number of carbonyl (C=O) groups excluding carboxylic acids is 2. The second-order valence-electron chi connectivity index (χ2n) is 4.04. The number of nitrogens with zero attached hydrogens (tertiary/aromatic N) is 1. The molecule has 0 radical (unpaired) electrons. The van der Waals surface area contributed by atoms with Gasteiger partial charge < -0.3 is 0 Å². The molecule has 19 heavy (non-hydrogen) atoms. The summed E-state index contributed by atoms with van der Waals surface area (Å²) in [5, 5.41) is 2.25. The molecule has 0 aliphatic rings. The molecule has 2 N–H and O–H groups in total. The zero-order valence-corrected chi connectivity index (χ0v) is 10.5. The molecule has 1 heterocycles. The summed E-state index contributed by atoms with van der Waals surface area (Å²) in [4.78, 5) is 23.4. The third kappa shape index (κ3) is 3.64. The van der Waals surface area contributed by atoms with Gasteiger partial charge in [0.2, 0.25) is 0 Å². The molecular formula is C14H14N3O2+. The average Bonchev–Trinajstić information content (AvgIpc) is 2.40. The molecule has 0 saturated heterocycles. The van der Waals surface area contributed by atoms with E-state index in [2.05, 4.69) is 10.7 Å². The van der Waals surface area contributed by atoms with Gasteiger partial charge in [-0.3, -0.25) is 10.1 Å². The molecule has 0 spiro atoms. The highest BCUT2D eigenvalue weighted by molar-refractivity contribution is 6.05. The second kappa shape index (κ2) is 5.77. The molecule has 2 rings (SSSR count). The minimum Gasteiger partial charge on any atom is -0.270 e. The molecule has 0 atom stereocenters. The number of hydrogen-bond donors (Lipinski definition) is 2. The van der Waals surface area contributed by atoms with Crippen molar-refractivity contribution in [2.75, 3.05) is 5.43 Å². The molecule has 1 aromatic heterocycles.